The van der Waals surface area contributed by atoms with Gasteiger partial charge in [-0.3, -0.25) is 10.1 Å². The van der Waals surface area contributed by atoms with Gasteiger partial charge >= 0.3 is 0 Å². The normalized spacial score (nSPS) is 10.3. The van der Waals surface area contributed by atoms with E-state index in [1.54, 1.807) is 25.3 Å². The zero-order valence-corrected chi connectivity index (χ0v) is 14.8. The minimum Gasteiger partial charge on any atom is -0.497 e. The molecule has 0 aliphatic rings. The van der Waals surface area contributed by atoms with Crippen LogP contribution in [0.5, 0.6) is 11.5 Å². The number of nitrogens with one attached hydrogen (secondary N) is 1. The van der Waals surface area contributed by atoms with Crippen LogP contribution >= 0.6 is 11.3 Å². The van der Waals surface area contributed by atoms with Crippen LogP contribution in [0.4, 0.5) is 5.13 Å². The first-order valence-electron chi connectivity index (χ1n) is 7.83. The fourth-order valence-electron chi connectivity index (χ4n) is 2.29. The van der Waals surface area contributed by atoms with Crippen LogP contribution in [0.15, 0.2) is 53.9 Å². The molecule has 5 nitrogen and oxygen atoms in total. The molecule has 0 radical (unpaired) electrons. The summed E-state index contributed by atoms with van der Waals surface area (Å²) in [6, 6.07) is 14.7. The van der Waals surface area contributed by atoms with Gasteiger partial charge in [-0.05, 0) is 49.4 Å². The second-order valence-electron chi connectivity index (χ2n) is 5.18. The van der Waals surface area contributed by atoms with Crippen LogP contribution in [-0.2, 0) is 0 Å². The monoisotopic (exact) mass is 354 g/mol. The Morgan fingerprint density at radius 2 is 1.96 bits per heavy atom. The molecule has 2 aromatic carbocycles. The van der Waals surface area contributed by atoms with E-state index in [1.807, 2.05) is 42.6 Å². The molecule has 128 valence electrons. The van der Waals surface area contributed by atoms with Crippen molar-refractivity contribution in [2.75, 3.05) is 19.0 Å². The van der Waals surface area contributed by atoms with Crippen molar-refractivity contribution < 1.29 is 14.3 Å². The minimum atomic E-state index is -0.211. The average molecular weight is 354 g/mol. The second kappa shape index (κ2) is 7.81. The first-order valence-corrected chi connectivity index (χ1v) is 8.71. The van der Waals surface area contributed by atoms with E-state index >= 15 is 0 Å². The van der Waals surface area contributed by atoms with Crippen LogP contribution in [0.25, 0.3) is 11.3 Å². The van der Waals surface area contributed by atoms with Gasteiger partial charge in [0, 0.05) is 16.5 Å². The average Bonchev–Trinajstić information content (AvgIpc) is 3.11. The van der Waals surface area contributed by atoms with Crippen molar-refractivity contribution in [3.63, 3.8) is 0 Å². The number of benzene rings is 2. The molecule has 25 heavy (non-hydrogen) atoms. The smallest absolute Gasteiger partial charge is 0.257 e. The van der Waals surface area contributed by atoms with Crippen molar-refractivity contribution in [2.24, 2.45) is 0 Å². The molecule has 1 heterocycles. The summed E-state index contributed by atoms with van der Waals surface area (Å²) in [7, 11) is 1.63. The van der Waals surface area contributed by atoms with E-state index in [-0.39, 0.29) is 5.91 Å². The van der Waals surface area contributed by atoms with Crippen LogP contribution in [0.1, 0.15) is 17.3 Å². The Labute approximate surface area is 150 Å². The summed E-state index contributed by atoms with van der Waals surface area (Å²) in [4.78, 5) is 16.9. The molecule has 1 amide bonds. The Balaban J connectivity index is 1.72. The Morgan fingerprint density at radius 3 is 2.68 bits per heavy atom. The molecule has 0 unspecified atom stereocenters. The number of methoxy groups -OCH3 is 1. The molecule has 0 atom stereocenters. The lowest BCUT2D eigenvalue weighted by Crippen LogP contribution is -2.11. The molecular formula is C19H18N2O3S. The molecule has 1 N–H and O–H groups in total. The number of thiazole rings is 1. The number of nitrogens with zero attached hydrogens (tertiary/aromatic N) is 1. The third kappa shape index (κ3) is 4.16. The van der Waals surface area contributed by atoms with E-state index in [0.29, 0.717) is 23.1 Å². The highest BCUT2D eigenvalue weighted by Crippen LogP contribution is 2.27. The van der Waals surface area contributed by atoms with Crippen LogP contribution < -0.4 is 14.8 Å². The molecule has 0 saturated heterocycles. The molecule has 0 aliphatic carbocycles. The molecular weight excluding hydrogens is 336 g/mol. The molecule has 6 heteroatoms. The zero-order valence-electron chi connectivity index (χ0n) is 14.0. The van der Waals surface area contributed by atoms with E-state index < -0.39 is 0 Å². The molecule has 0 bridgehead atoms. The van der Waals surface area contributed by atoms with Gasteiger partial charge in [-0.25, -0.2) is 4.98 Å². The number of carbonyl (C=O) groups excluding carboxylic acids is 1. The van der Waals surface area contributed by atoms with Crippen LogP contribution in [-0.4, -0.2) is 24.6 Å². The summed E-state index contributed by atoms with van der Waals surface area (Å²) in [5, 5.41) is 5.29. The Kier molecular flexibility index (Phi) is 5.30. The number of ether oxygens (including phenoxy) is 2. The zero-order chi connectivity index (χ0) is 17.6. The van der Waals surface area contributed by atoms with Gasteiger partial charge < -0.3 is 9.47 Å². The lowest BCUT2D eigenvalue weighted by molar-refractivity contribution is 0.102. The third-order valence-electron chi connectivity index (χ3n) is 3.52. The predicted molar refractivity (Wildman–Crippen MR) is 99.7 cm³/mol. The number of amides is 1. The summed E-state index contributed by atoms with van der Waals surface area (Å²) < 4.78 is 10.6. The van der Waals surface area contributed by atoms with E-state index in [0.717, 1.165) is 17.0 Å². The molecule has 0 spiro atoms. The highest BCUT2D eigenvalue weighted by molar-refractivity contribution is 7.14. The van der Waals surface area contributed by atoms with E-state index in [2.05, 4.69) is 10.3 Å². The lowest BCUT2D eigenvalue weighted by atomic mass is 10.2. The number of hydrogen-bond acceptors (Lipinski definition) is 5. The summed E-state index contributed by atoms with van der Waals surface area (Å²) in [5.41, 5.74) is 2.31. The molecule has 0 fully saturated rings. The molecule has 3 aromatic rings. The summed E-state index contributed by atoms with van der Waals surface area (Å²) in [6.45, 7) is 2.46. The van der Waals surface area contributed by atoms with E-state index in [9.17, 15) is 4.79 Å². The van der Waals surface area contributed by atoms with Gasteiger partial charge in [0.2, 0.25) is 0 Å². The lowest BCUT2D eigenvalue weighted by Gasteiger charge is -2.05. The Morgan fingerprint density at radius 1 is 1.16 bits per heavy atom. The first kappa shape index (κ1) is 17.0. The van der Waals surface area contributed by atoms with Gasteiger partial charge in [0.1, 0.15) is 11.5 Å². The number of anilines is 1. The third-order valence-corrected chi connectivity index (χ3v) is 4.28. The standard InChI is InChI=1S/C19H18N2O3S/c1-3-24-16-6-4-5-14(11-16)18(22)21-19-20-17(12-25-19)13-7-9-15(23-2)10-8-13/h4-12H,3H2,1-2H3,(H,20,21,22). The Hall–Kier alpha value is -2.86. The summed E-state index contributed by atoms with van der Waals surface area (Å²) >= 11 is 1.39. The quantitative estimate of drug-likeness (QED) is 0.709. The maximum atomic E-state index is 12.4. The fourth-order valence-corrected chi connectivity index (χ4v) is 3.00. The second-order valence-corrected chi connectivity index (χ2v) is 6.04. The molecule has 3 rings (SSSR count). The van der Waals surface area contributed by atoms with Crippen molar-refractivity contribution in [2.45, 2.75) is 6.92 Å². The molecule has 0 saturated carbocycles. The van der Waals surface area contributed by atoms with Crippen molar-refractivity contribution in [3.05, 3.63) is 59.5 Å². The maximum Gasteiger partial charge on any atom is 0.257 e. The highest BCUT2D eigenvalue weighted by Gasteiger charge is 2.11. The topological polar surface area (TPSA) is 60.5 Å². The highest BCUT2D eigenvalue weighted by atomic mass is 32.1. The first-order chi connectivity index (χ1) is 12.2. The Bertz CT molecular complexity index is 859. The molecule has 1 aromatic heterocycles. The summed E-state index contributed by atoms with van der Waals surface area (Å²) in [5.74, 6) is 1.26. The van der Waals surface area contributed by atoms with Gasteiger partial charge in [0.25, 0.3) is 5.91 Å². The van der Waals surface area contributed by atoms with Crippen LogP contribution in [0.3, 0.4) is 0 Å². The van der Waals surface area contributed by atoms with Crippen LogP contribution in [0.2, 0.25) is 0 Å². The largest absolute Gasteiger partial charge is 0.497 e. The van der Waals surface area contributed by atoms with Crippen molar-refractivity contribution >= 4 is 22.4 Å². The van der Waals surface area contributed by atoms with Gasteiger partial charge in [-0.15, -0.1) is 11.3 Å². The molecule has 0 aliphatic heterocycles. The van der Waals surface area contributed by atoms with E-state index in [1.165, 1.54) is 11.3 Å². The minimum absolute atomic E-state index is 0.211. The van der Waals surface area contributed by atoms with Crippen molar-refractivity contribution in [1.29, 1.82) is 0 Å². The van der Waals surface area contributed by atoms with Crippen LogP contribution in [0, 0.1) is 0 Å². The fraction of sp³-hybridized carbons (Fsp3) is 0.158. The number of rotatable bonds is 6. The van der Waals surface area contributed by atoms with E-state index in [4.69, 9.17) is 9.47 Å². The SMILES string of the molecule is CCOc1cccc(C(=O)Nc2nc(-c3ccc(OC)cc3)cs2)c1. The van der Waals surface area contributed by atoms with Crippen molar-refractivity contribution in [1.82, 2.24) is 4.98 Å². The number of hydrogen-bond donors (Lipinski definition) is 1. The predicted octanol–water partition coefficient (Wildman–Crippen LogP) is 4.47. The van der Waals surface area contributed by atoms with Gasteiger partial charge in [0.15, 0.2) is 5.13 Å². The maximum absolute atomic E-state index is 12.4. The number of carbonyl (C=O) groups is 1. The van der Waals surface area contributed by atoms with Crippen molar-refractivity contribution in [3.8, 4) is 22.8 Å². The van der Waals surface area contributed by atoms with Gasteiger partial charge in [-0.2, -0.15) is 0 Å². The number of aromatic nitrogens is 1. The van der Waals surface area contributed by atoms with Gasteiger partial charge in [0.05, 0.1) is 19.4 Å². The van der Waals surface area contributed by atoms with Gasteiger partial charge in [-0.1, -0.05) is 6.07 Å². The summed E-state index contributed by atoms with van der Waals surface area (Å²) in [6.07, 6.45) is 0.